The molecule has 58 valence electrons. The lowest BCUT2D eigenvalue weighted by atomic mass is 9.89. The van der Waals surface area contributed by atoms with Gasteiger partial charge < -0.3 is 9.84 Å². The summed E-state index contributed by atoms with van der Waals surface area (Å²) in [5.74, 6) is -0.708. The third-order valence-electron chi connectivity index (χ3n) is 2.35. The molecule has 3 heteroatoms. The molecule has 0 bridgehead atoms. The van der Waals surface area contributed by atoms with Crippen molar-refractivity contribution < 1.29 is 14.6 Å². The van der Waals surface area contributed by atoms with Gasteiger partial charge in [0.1, 0.15) is 11.7 Å². The Morgan fingerprint density at radius 3 is 2.20 bits per heavy atom. The van der Waals surface area contributed by atoms with Crippen LogP contribution in [0.4, 0.5) is 0 Å². The molecule has 3 nitrogen and oxygen atoms in total. The Balaban J connectivity index is 2.85. The third kappa shape index (κ3) is 0.814. The molecule has 0 spiro atoms. The summed E-state index contributed by atoms with van der Waals surface area (Å²) in [6.07, 6.45) is -0.380. The van der Waals surface area contributed by atoms with E-state index in [1.54, 1.807) is 20.8 Å². The second-order valence-electron chi connectivity index (χ2n) is 3.03. The molecule has 1 N–H and O–H groups in total. The van der Waals surface area contributed by atoms with E-state index in [9.17, 15) is 9.90 Å². The van der Waals surface area contributed by atoms with Gasteiger partial charge in [0.05, 0.1) is 5.92 Å². The highest BCUT2D eigenvalue weighted by Crippen LogP contribution is 2.31. The van der Waals surface area contributed by atoms with Gasteiger partial charge in [-0.3, -0.25) is 4.79 Å². The van der Waals surface area contributed by atoms with Crippen molar-refractivity contribution >= 4 is 5.97 Å². The van der Waals surface area contributed by atoms with Crippen LogP contribution in [-0.4, -0.2) is 22.8 Å². The normalized spacial score (nSPS) is 47.4. The number of carbonyl (C=O) groups is 1. The van der Waals surface area contributed by atoms with Crippen LogP contribution in [0.1, 0.15) is 20.8 Å². The van der Waals surface area contributed by atoms with Crippen molar-refractivity contribution in [2.45, 2.75) is 32.5 Å². The monoisotopic (exact) mass is 144 g/mol. The van der Waals surface area contributed by atoms with E-state index >= 15 is 0 Å². The van der Waals surface area contributed by atoms with E-state index in [-0.39, 0.29) is 12.1 Å². The van der Waals surface area contributed by atoms with Crippen LogP contribution in [0.15, 0.2) is 0 Å². The first kappa shape index (κ1) is 7.54. The molecule has 0 saturated carbocycles. The highest BCUT2D eigenvalue weighted by Gasteiger charge is 2.48. The number of rotatable bonds is 0. The SMILES string of the molecule is C[C@@H]1OC(=O)[C@H](C)[C@@]1(C)O. The van der Waals surface area contributed by atoms with E-state index < -0.39 is 11.5 Å². The molecule has 0 radical (unpaired) electrons. The molecule has 0 aromatic carbocycles. The molecule has 10 heavy (non-hydrogen) atoms. The van der Waals surface area contributed by atoms with Crippen LogP contribution >= 0.6 is 0 Å². The van der Waals surface area contributed by atoms with E-state index in [1.165, 1.54) is 0 Å². The molecular formula is C7H12O3. The van der Waals surface area contributed by atoms with Crippen molar-refractivity contribution in [2.24, 2.45) is 5.92 Å². The standard InChI is InChI=1S/C7H12O3/c1-4-6(8)10-5(2)7(4,3)9/h4-5,9H,1-3H3/t4-,5-,7+/m0/s1. The highest BCUT2D eigenvalue weighted by atomic mass is 16.6. The highest BCUT2D eigenvalue weighted by molar-refractivity contribution is 5.76. The van der Waals surface area contributed by atoms with Crippen LogP contribution in [0.3, 0.4) is 0 Å². The number of cyclic esters (lactones) is 1. The zero-order valence-corrected chi connectivity index (χ0v) is 6.42. The van der Waals surface area contributed by atoms with Crippen LogP contribution in [0.2, 0.25) is 0 Å². The quantitative estimate of drug-likeness (QED) is 0.498. The number of esters is 1. The smallest absolute Gasteiger partial charge is 0.312 e. The molecule has 1 fully saturated rings. The summed E-state index contributed by atoms with van der Waals surface area (Å²) < 4.78 is 4.80. The van der Waals surface area contributed by atoms with Gasteiger partial charge in [-0.15, -0.1) is 0 Å². The molecule has 0 aromatic heterocycles. The minimum Gasteiger partial charge on any atom is -0.459 e. The van der Waals surface area contributed by atoms with Gasteiger partial charge in [-0.1, -0.05) is 0 Å². The lowest BCUT2D eigenvalue weighted by Gasteiger charge is -2.21. The van der Waals surface area contributed by atoms with E-state index in [2.05, 4.69) is 0 Å². The molecule has 0 aromatic rings. The number of ether oxygens (including phenoxy) is 1. The summed E-state index contributed by atoms with van der Waals surface area (Å²) in [4.78, 5) is 10.8. The maximum Gasteiger partial charge on any atom is 0.312 e. The van der Waals surface area contributed by atoms with Gasteiger partial charge in [0.15, 0.2) is 0 Å². The van der Waals surface area contributed by atoms with Crippen LogP contribution in [0.25, 0.3) is 0 Å². The summed E-state index contributed by atoms with van der Waals surface area (Å²) in [5.41, 5.74) is -0.989. The van der Waals surface area contributed by atoms with Crippen molar-refractivity contribution in [1.29, 1.82) is 0 Å². The molecule has 1 rings (SSSR count). The van der Waals surface area contributed by atoms with Gasteiger partial charge in [-0.05, 0) is 20.8 Å². The van der Waals surface area contributed by atoms with Crippen molar-refractivity contribution in [3.8, 4) is 0 Å². The molecular weight excluding hydrogens is 132 g/mol. The Kier molecular flexibility index (Phi) is 1.47. The number of hydrogen-bond acceptors (Lipinski definition) is 3. The Morgan fingerprint density at radius 2 is 2.10 bits per heavy atom. The fourth-order valence-corrected chi connectivity index (χ4v) is 0.986. The fraction of sp³-hybridized carbons (Fsp3) is 0.857. The lowest BCUT2D eigenvalue weighted by Crippen LogP contribution is -2.37. The van der Waals surface area contributed by atoms with Crippen molar-refractivity contribution in [3.63, 3.8) is 0 Å². The molecule has 3 atom stereocenters. The summed E-state index contributed by atoms with van der Waals surface area (Å²) in [7, 11) is 0. The average Bonchev–Trinajstić information content (AvgIpc) is 1.97. The second kappa shape index (κ2) is 1.95. The first-order chi connectivity index (χ1) is 4.46. The van der Waals surface area contributed by atoms with Gasteiger partial charge in [0.25, 0.3) is 0 Å². The Morgan fingerprint density at radius 1 is 1.60 bits per heavy atom. The minimum absolute atomic E-state index is 0.308. The zero-order chi connectivity index (χ0) is 7.94. The Labute approximate surface area is 60.0 Å². The lowest BCUT2D eigenvalue weighted by molar-refractivity contribution is -0.143. The summed E-state index contributed by atoms with van der Waals surface area (Å²) >= 11 is 0. The minimum atomic E-state index is -0.989. The first-order valence-electron chi connectivity index (χ1n) is 3.39. The van der Waals surface area contributed by atoms with Gasteiger partial charge >= 0.3 is 5.97 Å². The van der Waals surface area contributed by atoms with Crippen LogP contribution < -0.4 is 0 Å². The number of carbonyl (C=O) groups excluding carboxylic acids is 1. The predicted molar refractivity (Wildman–Crippen MR) is 35.3 cm³/mol. The average molecular weight is 144 g/mol. The molecule has 0 unspecified atom stereocenters. The fourth-order valence-electron chi connectivity index (χ4n) is 0.986. The second-order valence-corrected chi connectivity index (χ2v) is 3.03. The maximum absolute atomic E-state index is 10.8. The number of hydrogen-bond donors (Lipinski definition) is 1. The van der Waals surface area contributed by atoms with Crippen LogP contribution in [0, 0.1) is 5.92 Å². The van der Waals surface area contributed by atoms with Crippen LogP contribution in [0.5, 0.6) is 0 Å². The summed E-state index contributed by atoms with van der Waals surface area (Å²) in [6.45, 7) is 4.99. The van der Waals surface area contributed by atoms with Crippen LogP contribution in [-0.2, 0) is 9.53 Å². The Bertz CT molecular complexity index is 162. The summed E-state index contributed by atoms with van der Waals surface area (Å²) in [5, 5.41) is 9.56. The topological polar surface area (TPSA) is 46.5 Å². The maximum atomic E-state index is 10.8. The van der Waals surface area contributed by atoms with Gasteiger partial charge in [-0.25, -0.2) is 0 Å². The molecule has 1 saturated heterocycles. The molecule has 1 aliphatic heterocycles. The molecule has 1 aliphatic rings. The summed E-state index contributed by atoms with van der Waals surface area (Å²) in [6, 6.07) is 0. The Hall–Kier alpha value is -0.570. The zero-order valence-electron chi connectivity index (χ0n) is 6.42. The largest absolute Gasteiger partial charge is 0.459 e. The molecule has 0 aliphatic carbocycles. The van der Waals surface area contributed by atoms with Gasteiger partial charge in [0.2, 0.25) is 0 Å². The van der Waals surface area contributed by atoms with Crippen molar-refractivity contribution in [3.05, 3.63) is 0 Å². The molecule has 0 amide bonds. The van der Waals surface area contributed by atoms with Gasteiger partial charge in [0, 0.05) is 0 Å². The third-order valence-corrected chi connectivity index (χ3v) is 2.35. The van der Waals surface area contributed by atoms with E-state index in [0.29, 0.717) is 0 Å². The predicted octanol–water partition coefficient (Wildman–Crippen LogP) is 0.319. The molecule has 1 heterocycles. The van der Waals surface area contributed by atoms with Crippen molar-refractivity contribution in [1.82, 2.24) is 0 Å². The van der Waals surface area contributed by atoms with Gasteiger partial charge in [-0.2, -0.15) is 0 Å². The van der Waals surface area contributed by atoms with E-state index in [4.69, 9.17) is 4.74 Å². The first-order valence-corrected chi connectivity index (χ1v) is 3.39. The number of aliphatic hydroxyl groups is 1. The van der Waals surface area contributed by atoms with E-state index in [1.807, 2.05) is 0 Å². The van der Waals surface area contributed by atoms with E-state index in [0.717, 1.165) is 0 Å². The van der Waals surface area contributed by atoms with Crippen molar-refractivity contribution in [2.75, 3.05) is 0 Å².